The lowest BCUT2D eigenvalue weighted by Gasteiger charge is -2.19. The van der Waals surface area contributed by atoms with Gasteiger partial charge in [-0.05, 0) is 53.0 Å². The van der Waals surface area contributed by atoms with E-state index in [4.69, 9.17) is 17.0 Å². The summed E-state index contributed by atoms with van der Waals surface area (Å²) in [6, 6.07) is 11.9. The molecule has 0 radical (unpaired) electrons. The molecular formula is C20H19N3O4S. The monoisotopic (exact) mass is 397 g/mol. The van der Waals surface area contributed by atoms with Gasteiger partial charge in [-0.3, -0.25) is 20.2 Å². The molecule has 1 amide bonds. The van der Waals surface area contributed by atoms with Gasteiger partial charge in [0.1, 0.15) is 11.4 Å². The first-order valence-corrected chi connectivity index (χ1v) is 8.95. The number of hydrogen-bond donors (Lipinski definition) is 2. The number of rotatable bonds is 4. The Kier molecular flexibility index (Phi) is 5.15. The van der Waals surface area contributed by atoms with E-state index < -0.39 is 4.92 Å². The highest BCUT2D eigenvalue weighted by Gasteiger charge is 2.22. The number of nitrogens with one attached hydrogen (secondary N) is 2. The van der Waals surface area contributed by atoms with Gasteiger partial charge < -0.3 is 10.1 Å². The fourth-order valence-electron chi connectivity index (χ4n) is 2.65. The van der Waals surface area contributed by atoms with Crippen LogP contribution in [0.25, 0.3) is 6.08 Å². The molecule has 1 aliphatic rings. The minimum Gasteiger partial charge on any atom is -0.450 e. The smallest absolute Gasteiger partial charge is 0.312 e. The summed E-state index contributed by atoms with van der Waals surface area (Å²) in [4.78, 5) is 22.7. The molecule has 0 atom stereocenters. The maximum Gasteiger partial charge on any atom is 0.312 e. The second-order valence-electron chi connectivity index (χ2n) is 7.33. The Morgan fingerprint density at radius 1 is 1.11 bits per heavy atom. The van der Waals surface area contributed by atoms with Crippen LogP contribution < -0.4 is 15.4 Å². The maximum atomic E-state index is 11.7. The van der Waals surface area contributed by atoms with E-state index >= 15 is 0 Å². The van der Waals surface area contributed by atoms with E-state index in [2.05, 4.69) is 31.4 Å². The van der Waals surface area contributed by atoms with Gasteiger partial charge in [-0.2, -0.15) is 0 Å². The summed E-state index contributed by atoms with van der Waals surface area (Å²) in [6.07, 6.45) is 1.49. The first-order valence-electron chi connectivity index (χ1n) is 8.54. The van der Waals surface area contributed by atoms with Gasteiger partial charge in [0.05, 0.1) is 4.92 Å². The first-order chi connectivity index (χ1) is 13.1. The van der Waals surface area contributed by atoms with Gasteiger partial charge in [0, 0.05) is 6.07 Å². The van der Waals surface area contributed by atoms with Crippen LogP contribution in [0.2, 0.25) is 0 Å². The number of amides is 1. The Balaban J connectivity index is 1.88. The topological polar surface area (TPSA) is 93.5 Å². The Morgan fingerprint density at radius 3 is 2.32 bits per heavy atom. The minimum atomic E-state index is -0.520. The highest BCUT2D eigenvalue weighted by atomic mass is 32.1. The normalized spacial score (nSPS) is 15.3. The van der Waals surface area contributed by atoms with Crippen molar-refractivity contribution in [2.24, 2.45) is 0 Å². The average molecular weight is 397 g/mol. The van der Waals surface area contributed by atoms with Gasteiger partial charge in [0.15, 0.2) is 5.11 Å². The second-order valence-corrected chi connectivity index (χ2v) is 7.74. The van der Waals surface area contributed by atoms with E-state index in [1.807, 2.05) is 12.1 Å². The molecule has 0 saturated carbocycles. The number of carbonyl (C=O) groups excluding carboxylic acids is 1. The molecule has 1 fully saturated rings. The summed E-state index contributed by atoms with van der Waals surface area (Å²) in [6.45, 7) is 6.31. The number of carbonyl (C=O) groups is 1. The Labute approximate surface area is 167 Å². The van der Waals surface area contributed by atoms with Crippen molar-refractivity contribution in [3.63, 3.8) is 0 Å². The molecule has 8 heteroatoms. The zero-order valence-electron chi connectivity index (χ0n) is 15.6. The molecule has 0 unspecified atom stereocenters. The molecule has 28 heavy (non-hydrogen) atoms. The van der Waals surface area contributed by atoms with Gasteiger partial charge in [0.25, 0.3) is 5.91 Å². The third kappa shape index (κ3) is 4.34. The van der Waals surface area contributed by atoms with Crippen LogP contribution >= 0.6 is 12.2 Å². The fourth-order valence-corrected chi connectivity index (χ4v) is 2.85. The van der Waals surface area contributed by atoms with Crippen molar-refractivity contribution in [2.75, 3.05) is 0 Å². The standard InChI is InChI=1S/C20H19N3O4S/c1-20(2,3)13-5-7-14(8-6-13)27-17-9-4-12(11-16(17)23(25)26)10-15-18(24)22-19(28)21-15/h4-11H,1-3H3,(H2,21,22,24,28)/b15-10-. The van der Waals surface area contributed by atoms with Crippen molar-refractivity contribution in [1.29, 1.82) is 0 Å². The van der Waals surface area contributed by atoms with E-state index in [9.17, 15) is 14.9 Å². The lowest BCUT2D eigenvalue weighted by Crippen LogP contribution is -2.21. The zero-order chi connectivity index (χ0) is 20.5. The van der Waals surface area contributed by atoms with Crippen LogP contribution in [0.5, 0.6) is 11.5 Å². The van der Waals surface area contributed by atoms with Crippen LogP contribution in [-0.2, 0) is 10.2 Å². The Bertz CT molecular complexity index is 992. The second kappa shape index (κ2) is 7.40. The van der Waals surface area contributed by atoms with Crippen molar-refractivity contribution in [3.05, 3.63) is 69.4 Å². The number of nitro groups is 1. The van der Waals surface area contributed by atoms with Gasteiger partial charge in [0.2, 0.25) is 5.75 Å². The highest BCUT2D eigenvalue weighted by molar-refractivity contribution is 7.80. The van der Waals surface area contributed by atoms with Crippen LogP contribution in [-0.4, -0.2) is 15.9 Å². The molecule has 0 spiro atoms. The number of hydrogen-bond acceptors (Lipinski definition) is 5. The fraction of sp³-hybridized carbons (Fsp3) is 0.200. The van der Waals surface area contributed by atoms with Gasteiger partial charge in [-0.25, -0.2) is 0 Å². The molecule has 7 nitrogen and oxygen atoms in total. The van der Waals surface area contributed by atoms with Gasteiger partial charge in [-0.15, -0.1) is 0 Å². The molecular weight excluding hydrogens is 378 g/mol. The first kappa shape index (κ1) is 19.5. The van der Waals surface area contributed by atoms with E-state index in [1.165, 1.54) is 18.2 Å². The number of ether oxygens (including phenoxy) is 1. The minimum absolute atomic E-state index is 0.00254. The van der Waals surface area contributed by atoms with Crippen molar-refractivity contribution in [2.45, 2.75) is 26.2 Å². The van der Waals surface area contributed by atoms with Crippen LogP contribution in [0.3, 0.4) is 0 Å². The van der Waals surface area contributed by atoms with Gasteiger partial charge >= 0.3 is 5.69 Å². The number of thiocarbonyl (C=S) groups is 1. The van der Waals surface area contributed by atoms with Crippen LogP contribution in [0, 0.1) is 10.1 Å². The number of nitrogens with zero attached hydrogens (tertiary/aromatic N) is 1. The summed E-state index contributed by atoms with van der Waals surface area (Å²) < 4.78 is 5.72. The summed E-state index contributed by atoms with van der Waals surface area (Å²) in [7, 11) is 0. The molecule has 2 N–H and O–H groups in total. The lowest BCUT2D eigenvalue weighted by atomic mass is 9.87. The summed E-state index contributed by atoms with van der Waals surface area (Å²) in [5, 5.41) is 16.8. The third-order valence-corrected chi connectivity index (χ3v) is 4.36. The number of benzene rings is 2. The summed E-state index contributed by atoms with van der Waals surface area (Å²) in [5.41, 5.74) is 1.64. The van der Waals surface area contributed by atoms with Crippen molar-refractivity contribution in [1.82, 2.24) is 10.6 Å². The van der Waals surface area contributed by atoms with E-state index in [0.29, 0.717) is 11.3 Å². The zero-order valence-corrected chi connectivity index (χ0v) is 16.4. The van der Waals surface area contributed by atoms with Crippen molar-refractivity contribution < 1.29 is 14.5 Å². The number of nitro benzene ring substituents is 1. The molecule has 1 heterocycles. The molecule has 0 aliphatic carbocycles. The van der Waals surface area contributed by atoms with Crippen LogP contribution in [0.15, 0.2) is 48.2 Å². The molecule has 144 valence electrons. The van der Waals surface area contributed by atoms with Crippen LogP contribution in [0.1, 0.15) is 31.9 Å². The molecule has 3 rings (SSSR count). The predicted molar refractivity (Wildman–Crippen MR) is 110 cm³/mol. The van der Waals surface area contributed by atoms with Crippen LogP contribution in [0.4, 0.5) is 5.69 Å². The van der Waals surface area contributed by atoms with E-state index in [1.54, 1.807) is 18.2 Å². The molecule has 2 aromatic carbocycles. The Morgan fingerprint density at radius 2 is 1.79 bits per heavy atom. The SMILES string of the molecule is CC(C)(C)c1ccc(Oc2ccc(/C=C3\NC(=S)NC3=O)cc2[N+](=O)[O-])cc1. The lowest BCUT2D eigenvalue weighted by molar-refractivity contribution is -0.385. The van der Waals surface area contributed by atoms with Crippen molar-refractivity contribution in [3.8, 4) is 11.5 Å². The summed E-state index contributed by atoms with van der Waals surface area (Å²) >= 11 is 4.87. The van der Waals surface area contributed by atoms with E-state index in [0.717, 1.165) is 5.56 Å². The summed E-state index contributed by atoms with van der Waals surface area (Å²) in [5.74, 6) is 0.242. The molecule has 2 aromatic rings. The molecule has 1 saturated heterocycles. The molecule has 1 aliphatic heterocycles. The molecule has 0 bridgehead atoms. The van der Waals surface area contributed by atoms with E-state index in [-0.39, 0.29) is 33.6 Å². The maximum absolute atomic E-state index is 11.7. The average Bonchev–Trinajstić information content (AvgIpc) is 2.93. The third-order valence-electron chi connectivity index (χ3n) is 4.16. The van der Waals surface area contributed by atoms with Crippen molar-refractivity contribution >= 4 is 35.0 Å². The predicted octanol–water partition coefficient (Wildman–Crippen LogP) is 4.03. The quantitative estimate of drug-likeness (QED) is 0.350. The largest absolute Gasteiger partial charge is 0.450 e. The highest BCUT2D eigenvalue weighted by Crippen LogP contribution is 2.33. The van der Waals surface area contributed by atoms with Gasteiger partial charge in [-0.1, -0.05) is 39.0 Å². The molecule has 0 aromatic heterocycles. The Hall–Kier alpha value is -3.26.